The van der Waals surface area contributed by atoms with Gasteiger partial charge in [-0.3, -0.25) is 4.79 Å². The highest BCUT2D eigenvalue weighted by atomic mass is 35.5. The van der Waals surface area contributed by atoms with Crippen molar-refractivity contribution in [3.05, 3.63) is 34.6 Å². The van der Waals surface area contributed by atoms with Crippen molar-refractivity contribution in [1.29, 1.82) is 0 Å². The number of hydrogen-bond acceptors (Lipinski definition) is 2. The van der Waals surface area contributed by atoms with Gasteiger partial charge in [-0.1, -0.05) is 31.5 Å². The zero-order valence-electron chi connectivity index (χ0n) is 9.71. The first-order valence-corrected chi connectivity index (χ1v) is 5.69. The molecule has 0 heterocycles. The third kappa shape index (κ3) is 3.98. The number of hydrogen-bond donors (Lipinski definition) is 2. The lowest BCUT2D eigenvalue weighted by Crippen LogP contribution is -2.40. The van der Waals surface area contributed by atoms with Crippen LogP contribution in [-0.4, -0.2) is 17.1 Å². The number of carboxylic acid groups (broad SMARTS) is 1. The Morgan fingerprint density at radius 2 is 2.18 bits per heavy atom. The van der Waals surface area contributed by atoms with E-state index in [1.165, 1.54) is 12.1 Å². The van der Waals surface area contributed by atoms with E-state index < -0.39 is 17.8 Å². The van der Waals surface area contributed by atoms with E-state index in [2.05, 4.69) is 5.32 Å². The molecule has 0 amide bonds. The van der Waals surface area contributed by atoms with Crippen LogP contribution in [0.1, 0.15) is 19.4 Å². The molecule has 0 aliphatic carbocycles. The van der Waals surface area contributed by atoms with Crippen molar-refractivity contribution in [2.45, 2.75) is 26.4 Å². The zero-order chi connectivity index (χ0) is 13.0. The lowest BCUT2D eigenvalue weighted by atomic mass is 10.0. The van der Waals surface area contributed by atoms with Gasteiger partial charge in [0.2, 0.25) is 0 Å². The maximum Gasteiger partial charge on any atom is 0.320 e. The van der Waals surface area contributed by atoms with E-state index >= 15 is 0 Å². The van der Waals surface area contributed by atoms with Gasteiger partial charge < -0.3 is 10.4 Å². The molecule has 2 N–H and O–H groups in total. The molecule has 5 heteroatoms. The molecule has 1 aromatic rings. The fourth-order valence-electron chi connectivity index (χ4n) is 1.49. The Morgan fingerprint density at radius 1 is 1.53 bits per heavy atom. The molecule has 3 nitrogen and oxygen atoms in total. The van der Waals surface area contributed by atoms with Gasteiger partial charge in [-0.2, -0.15) is 0 Å². The minimum absolute atomic E-state index is 0.0374. The van der Waals surface area contributed by atoms with E-state index in [4.69, 9.17) is 16.7 Å². The van der Waals surface area contributed by atoms with Crippen molar-refractivity contribution in [2.24, 2.45) is 5.92 Å². The predicted molar refractivity (Wildman–Crippen MR) is 64.5 cm³/mol. The van der Waals surface area contributed by atoms with E-state index in [1.807, 2.05) is 13.8 Å². The van der Waals surface area contributed by atoms with E-state index in [-0.39, 0.29) is 10.9 Å². The molecule has 0 radical (unpaired) electrons. The predicted octanol–water partition coefficient (Wildman–Crippen LogP) is 2.68. The van der Waals surface area contributed by atoms with Gasteiger partial charge in [-0.25, -0.2) is 4.39 Å². The summed E-state index contributed by atoms with van der Waals surface area (Å²) in [4.78, 5) is 10.9. The molecule has 0 saturated carbocycles. The Morgan fingerprint density at radius 3 is 2.65 bits per heavy atom. The van der Waals surface area contributed by atoms with Gasteiger partial charge >= 0.3 is 5.97 Å². The average molecular weight is 260 g/mol. The van der Waals surface area contributed by atoms with Gasteiger partial charge in [-0.15, -0.1) is 0 Å². The summed E-state index contributed by atoms with van der Waals surface area (Å²) in [7, 11) is 0. The molecule has 17 heavy (non-hydrogen) atoms. The molecule has 1 atom stereocenters. The van der Waals surface area contributed by atoms with Gasteiger partial charge in [0.15, 0.2) is 0 Å². The van der Waals surface area contributed by atoms with Crippen LogP contribution in [0.2, 0.25) is 5.02 Å². The van der Waals surface area contributed by atoms with E-state index in [0.717, 1.165) is 0 Å². The lowest BCUT2D eigenvalue weighted by molar-refractivity contribution is -0.140. The molecule has 0 aliphatic rings. The van der Waals surface area contributed by atoms with Crippen molar-refractivity contribution in [1.82, 2.24) is 5.32 Å². The molecule has 0 aliphatic heterocycles. The first kappa shape index (κ1) is 13.9. The number of aliphatic carboxylic acids is 1. The van der Waals surface area contributed by atoms with Crippen LogP contribution in [0.5, 0.6) is 0 Å². The molecule has 0 saturated heterocycles. The van der Waals surface area contributed by atoms with Gasteiger partial charge in [0.1, 0.15) is 11.9 Å². The maximum atomic E-state index is 13.1. The largest absolute Gasteiger partial charge is 0.480 e. The highest BCUT2D eigenvalue weighted by Gasteiger charge is 2.20. The Balaban J connectivity index is 2.65. The van der Waals surface area contributed by atoms with Gasteiger partial charge in [0.05, 0.1) is 5.02 Å². The Kier molecular flexibility index (Phi) is 4.90. The minimum atomic E-state index is -0.908. The molecular weight excluding hydrogens is 245 g/mol. The van der Waals surface area contributed by atoms with Crippen LogP contribution in [-0.2, 0) is 11.3 Å². The second-order valence-electron chi connectivity index (χ2n) is 4.19. The number of halogens is 2. The van der Waals surface area contributed by atoms with E-state index in [0.29, 0.717) is 12.1 Å². The summed E-state index contributed by atoms with van der Waals surface area (Å²) >= 11 is 5.55. The quantitative estimate of drug-likeness (QED) is 0.855. The van der Waals surface area contributed by atoms with Gasteiger partial charge in [0, 0.05) is 6.54 Å². The van der Waals surface area contributed by atoms with Crippen LogP contribution in [0, 0.1) is 11.7 Å². The summed E-state index contributed by atoms with van der Waals surface area (Å²) in [5.74, 6) is -1.44. The topological polar surface area (TPSA) is 49.3 Å². The highest BCUT2D eigenvalue weighted by molar-refractivity contribution is 6.30. The van der Waals surface area contributed by atoms with Crippen LogP contribution < -0.4 is 5.32 Å². The molecule has 94 valence electrons. The standard InChI is InChI=1S/C12H15ClFNO2/c1-7(2)11(12(16)17)15-6-8-3-4-9(13)10(14)5-8/h3-5,7,11,15H,6H2,1-2H3,(H,16,17)/t11-/m0/s1. The normalized spacial score (nSPS) is 12.8. The summed E-state index contributed by atoms with van der Waals surface area (Å²) in [5, 5.41) is 11.9. The van der Waals surface area contributed by atoms with E-state index in [1.54, 1.807) is 6.07 Å². The number of carboxylic acids is 1. The van der Waals surface area contributed by atoms with E-state index in [9.17, 15) is 9.18 Å². The SMILES string of the molecule is CC(C)[C@H](NCc1ccc(Cl)c(F)c1)C(=O)O. The maximum absolute atomic E-state index is 13.1. The molecular formula is C12H15ClFNO2. The summed E-state index contributed by atoms with van der Waals surface area (Å²) in [6, 6.07) is 3.78. The Labute approximate surface area is 105 Å². The fraction of sp³-hybridized carbons (Fsp3) is 0.417. The van der Waals surface area contributed by atoms with Crippen molar-refractivity contribution < 1.29 is 14.3 Å². The number of carbonyl (C=O) groups is 1. The smallest absolute Gasteiger partial charge is 0.320 e. The summed E-state index contributed by atoms with van der Waals surface area (Å²) in [5.41, 5.74) is 0.666. The van der Waals surface area contributed by atoms with Crippen LogP contribution >= 0.6 is 11.6 Å². The molecule has 0 fully saturated rings. The monoisotopic (exact) mass is 259 g/mol. The molecule has 0 spiro atoms. The molecule has 0 bridgehead atoms. The van der Waals surface area contributed by atoms with Crippen molar-refractivity contribution in [2.75, 3.05) is 0 Å². The first-order valence-electron chi connectivity index (χ1n) is 5.32. The summed E-state index contributed by atoms with van der Waals surface area (Å²) in [6.45, 7) is 3.92. The molecule has 1 aromatic carbocycles. The lowest BCUT2D eigenvalue weighted by Gasteiger charge is -2.17. The van der Waals surface area contributed by atoms with Crippen molar-refractivity contribution in [3.8, 4) is 0 Å². The summed E-state index contributed by atoms with van der Waals surface area (Å²) in [6.07, 6.45) is 0. The Hall–Kier alpha value is -1.13. The number of nitrogens with one attached hydrogen (secondary N) is 1. The third-order valence-electron chi connectivity index (χ3n) is 2.44. The van der Waals surface area contributed by atoms with Crippen LogP contribution in [0.25, 0.3) is 0 Å². The van der Waals surface area contributed by atoms with Crippen LogP contribution in [0.3, 0.4) is 0 Å². The van der Waals surface area contributed by atoms with Gasteiger partial charge in [0.25, 0.3) is 0 Å². The molecule has 1 rings (SSSR count). The second kappa shape index (κ2) is 5.98. The number of rotatable bonds is 5. The first-order chi connectivity index (χ1) is 7.91. The average Bonchev–Trinajstić information content (AvgIpc) is 2.22. The van der Waals surface area contributed by atoms with Crippen molar-refractivity contribution >= 4 is 17.6 Å². The Bertz CT molecular complexity index is 409. The zero-order valence-corrected chi connectivity index (χ0v) is 10.5. The molecule has 0 aromatic heterocycles. The fourth-order valence-corrected chi connectivity index (χ4v) is 1.60. The van der Waals surface area contributed by atoms with Crippen molar-refractivity contribution in [3.63, 3.8) is 0 Å². The van der Waals surface area contributed by atoms with Crippen LogP contribution in [0.4, 0.5) is 4.39 Å². The number of benzene rings is 1. The van der Waals surface area contributed by atoms with Crippen LogP contribution in [0.15, 0.2) is 18.2 Å². The van der Waals surface area contributed by atoms with Gasteiger partial charge in [-0.05, 0) is 23.6 Å². The second-order valence-corrected chi connectivity index (χ2v) is 4.60. The highest BCUT2D eigenvalue weighted by Crippen LogP contribution is 2.15. The molecule has 0 unspecified atom stereocenters. The minimum Gasteiger partial charge on any atom is -0.480 e. The third-order valence-corrected chi connectivity index (χ3v) is 2.75. The summed E-state index contributed by atoms with van der Waals surface area (Å²) < 4.78 is 13.1.